The van der Waals surface area contributed by atoms with Gasteiger partial charge in [-0.05, 0) is 35.0 Å². The molecule has 0 aliphatic heterocycles. The van der Waals surface area contributed by atoms with Gasteiger partial charge in [-0.1, -0.05) is 6.07 Å². The molecule has 0 unspecified atom stereocenters. The van der Waals surface area contributed by atoms with Crippen LogP contribution in [0.4, 0.5) is 5.69 Å². The zero-order valence-corrected chi connectivity index (χ0v) is 11.6. The molecule has 0 amide bonds. The summed E-state index contributed by atoms with van der Waals surface area (Å²) >= 11 is 0. The molecule has 0 heterocycles. The van der Waals surface area contributed by atoms with Crippen LogP contribution in [0.15, 0.2) is 35.3 Å². The number of benzene rings is 2. The Morgan fingerprint density at radius 1 is 1.25 bits per heavy atom. The predicted octanol–water partition coefficient (Wildman–Crippen LogP) is 2.77. The fourth-order valence-electron chi connectivity index (χ4n) is 1.85. The molecule has 0 atom stereocenters. The number of hydrogen-bond acceptors (Lipinski definition) is 3. The highest BCUT2D eigenvalue weighted by atomic mass is 16.5. The lowest BCUT2D eigenvalue weighted by molar-refractivity contribution is 0.0698. The second-order valence-corrected chi connectivity index (χ2v) is 4.60. The topological polar surface area (TPSA) is 62.1 Å². The molecule has 20 heavy (non-hydrogen) atoms. The van der Waals surface area contributed by atoms with Crippen molar-refractivity contribution in [3.05, 3.63) is 35.9 Å². The average molecular weight is 272 g/mol. The number of carboxylic acid groups (broad SMARTS) is 1. The number of carboxylic acids is 1. The minimum absolute atomic E-state index is 0.181. The van der Waals surface area contributed by atoms with Gasteiger partial charge in [0.1, 0.15) is 5.75 Å². The maximum atomic E-state index is 11.3. The number of hydrogen-bond donors (Lipinski definition) is 1. The Balaban J connectivity index is 2.62. The first-order valence-electron chi connectivity index (χ1n) is 6.07. The number of aromatic carboxylic acids is 1. The Morgan fingerprint density at radius 2 is 2.00 bits per heavy atom. The second-order valence-electron chi connectivity index (χ2n) is 4.60. The van der Waals surface area contributed by atoms with Crippen LogP contribution in [0, 0.1) is 0 Å². The van der Waals surface area contributed by atoms with Crippen molar-refractivity contribution in [2.75, 3.05) is 21.2 Å². The average Bonchev–Trinajstić information content (AvgIpc) is 2.43. The van der Waals surface area contributed by atoms with Gasteiger partial charge < -0.3 is 14.7 Å². The van der Waals surface area contributed by atoms with Crippen molar-refractivity contribution in [2.45, 2.75) is 0 Å². The highest BCUT2D eigenvalue weighted by Gasteiger charge is 2.11. The highest BCUT2D eigenvalue weighted by Crippen LogP contribution is 2.29. The van der Waals surface area contributed by atoms with Crippen molar-refractivity contribution >= 4 is 28.8 Å². The highest BCUT2D eigenvalue weighted by molar-refractivity contribution is 6.00. The fraction of sp³-hybridized carbons (Fsp3) is 0.200. The van der Waals surface area contributed by atoms with Gasteiger partial charge in [-0.2, -0.15) is 0 Å². The van der Waals surface area contributed by atoms with E-state index in [0.717, 1.165) is 16.5 Å². The second kappa shape index (κ2) is 5.61. The summed E-state index contributed by atoms with van der Waals surface area (Å²) in [5, 5.41) is 11.0. The van der Waals surface area contributed by atoms with Crippen LogP contribution in [0.1, 0.15) is 10.4 Å². The third-order valence-electron chi connectivity index (χ3n) is 2.82. The third-order valence-corrected chi connectivity index (χ3v) is 2.82. The lowest BCUT2D eigenvalue weighted by Crippen LogP contribution is -2.07. The molecule has 0 saturated carbocycles. The first-order chi connectivity index (χ1) is 9.51. The Bertz CT molecular complexity index is 678. The normalized spacial score (nSPS) is 10.9. The van der Waals surface area contributed by atoms with E-state index in [-0.39, 0.29) is 5.56 Å². The molecule has 0 aromatic heterocycles. The molecule has 2 aromatic rings. The summed E-state index contributed by atoms with van der Waals surface area (Å²) in [7, 11) is 5.25. The number of rotatable bonds is 4. The number of carbonyl (C=O) groups is 1. The molecule has 104 valence electrons. The van der Waals surface area contributed by atoms with Crippen molar-refractivity contribution in [3.63, 3.8) is 0 Å². The summed E-state index contributed by atoms with van der Waals surface area (Å²) in [5.74, 6) is -0.267. The van der Waals surface area contributed by atoms with Crippen LogP contribution < -0.4 is 4.74 Å². The number of nitrogens with zero attached hydrogens (tertiary/aromatic N) is 2. The van der Waals surface area contributed by atoms with Gasteiger partial charge in [0, 0.05) is 14.1 Å². The minimum atomic E-state index is -0.992. The molecule has 0 fully saturated rings. The molecule has 0 aliphatic carbocycles. The van der Waals surface area contributed by atoms with E-state index in [1.807, 2.05) is 26.2 Å². The molecule has 0 saturated heterocycles. The van der Waals surface area contributed by atoms with Gasteiger partial charge in [-0.25, -0.2) is 9.79 Å². The monoisotopic (exact) mass is 272 g/mol. The Kier molecular flexibility index (Phi) is 3.89. The van der Waals surface area contributed by atoms with Crippen molar-refractivity contribution in [1.82, 2.24) is 4.90 Å². The van der Waals surface area contributed by atoms with E-state index in [9.17, 15) is 9.90 Å². The number of fused-ring (bicyclic) bond motifs is 1. The lowest BCUT2D eigenvalue weighted by Gasteiger charge is -2.08. The molecule has 5 nitrogen and oxygen atoms in total. The standard InChI is InChI=1S/C15H16N2O3/c1-17(2)9-16-14-8-11-6-12(20-3)5-4-10(11)7-13(14)15(18)19/h4-9H,1-3H3,(H,18,19). The molecule has 0 radical (unpaired) electrons. The molecular formula is C15H16N2O3. The van der Waals surface area contributed by atoms with Gasteiger partial charge in [-0.15, -0.1) is 0 Å². The third kappa shape index (κ3) is 2.88. The molecule has 2 rings (SSSR count). The molecule has 0 bridgehead atoms. The van der Waals surface area contributed by atoms with Crippen LogP contribution in [0.2, 0.25) is 0 Å². The van der Waals surface area contributed by atoms with E-state index in [1.165, 1.54) is 0 Å². The van der Waals surface area contributed by atoms with Gasteiger partial charge >= 0.3 is 5.97 Å². The van der Waals surface area contributed by atoms with Crippen molar-refractivity contribution in [3.8, 4) is 5.75 Å². The largest absolute Gasteiger partial charge is 0.497 e. The summed E-state index contributed by atoms with van der Waals surface area (Å²) in [4.78, 5) is 17.3. The minimum Gasteiger partial charge on any atom is -0.497 e. The van der Waals surface area contributed by atoms with Crippen LogP contribution >= 0.6 is 0 Å². The molecule has 2 aromatic carbocycles. The molecule has 1 N–H and O–H groups in total. The van der Waals surface area contributed by atoms with E-state index >= 15 is 0 Å². The van der Waals surface area contributed by atoms with Crippen LogP contribution in [-0.4, -0.2) is 43.5 Å². The van der Waals surface area contributed by atoms with E-state index in [1.54, 1.807) is 36.5 Å². The maximum Gasteiger partial charge on any atom is 0.337 e. The fourth-order valence-corrected chi connectivity index (χ4v) is 1.85. The molecule has 0 aliphatic rings. The van der Waals surface area contributed by atoms with Crippen LogP contribution in [0.3, 0.4) is 0 Å². The summed E-state index contributed by atoms with van der Waals surface area (Å²) in [6.45, 7) is 0. The van der Waals surface area contributed by atoms with Gasteiger partial charge in [0.2, 0.25) is 0 Å². The number of methoxy groups -OCH3 is 1. The van der Waals surface area contributed by atoms with Crippen molar-refractivity contribution in [2.24, 2.45) is 4.99 Å². The number of aliphatic imine (C=N–C) groups is 1. The SMILES string of the molecule is COc1ccc2cc(C(=O)O)c(N=CN(C)C)cc2c1. The quantitative estimate of drug-likeness (QED) is 0.686. The van der Waals surface area contributed by atoms with Crippen LogP contribution in [0.5, 0.6) is 5.75 Å². The van der Waals surface area contributed by atoms with Crippen LogP contribution in [-0.2, 0) is 0 Å². The van der Waals surface area contributed by atoms with Gasteiger partial charge in [-0.3, -0.25) is 0 Å². The summed E-state index contributed by atoms with van der Waals surface area (Å²) in [6.07, 6.45) is 1.58. The predicted molar refractivity (Wildman–Crippen MR) is 79.3 cm³/mol. The van der Waals surface area contributed by atoms with Gasteiger partial charge in [0.25, 0.3) is 0 Å². The number of ether oxygens (including phenoxy) is 1. The zero-order valence-electron chi connectivity index (χ0n) is 11.6. The Hall–Kier alpha value is -2.56. The maximum absolute atomic E-state index is 11.3. The Labute approximate surface area is 117 Å². The Morgan fingerprint density at radius 3 is 2.60 bits per heavy atom. The molecule has 0 spiro atoms. The van der Waals surface area contributed by atoms with Crippen LogP contribution in [0.25, 0.3) is 10.8 Å². The van der Waals surface area contributed by atoms with E-state index < -0.39 is 5.97 Å². The van der Waals surface area contributed by atoms with Crippen molar-refractivity contribution in [1.29, 1.82) is 0 Å². The first kappa shape index (κ1) is 13.9. The van der Waals surface area contributed by atoms with E-state index in [4.69, 9.17) is 4.74 Å². The molecule has 5 heteroatoms. The van der Waals surface area contributed by atoms with E-state index in [0.29, 0.717) is 5.69 Å². The summed E-state index contributed by atoms with van der Waals surface area (Å²) < 4.78 is 5.18. The summed E-state index contributed by atoms with van der Waals surface area (Å²) in [5.41, 5.74) is 0.604. The van der Waals surface area contributed by atoms with Gasteiger partial charge in [0.15, 0.2) is 0 Å². The zero-order chi connectivity index (χ0) is 14.7. The van der Waals surface area contributed by atoms with Crippen molar-refractivity contribution < 1.29 is 14.6 Å². The lowest BCUT2D eigenvalue weighted by atomic mass is 10.0. The smallest absolute Gasteiger partial charge is 0.337 e. The van der Waals surface area contributed by atoms with E-state index in [2.05, 4.69) is 4.99 Å². The summed E-state index contributed by atoms with van der Waals surface area (Å²) in [6, 6.07) is 8.87. The first-order valence-corrected chi connectivity index (χ1v) is 6.07. The van der Waals surface area contributed by atoms with Gasteiger partial charge in [0.05, 0.1) is 24.7 Å². The molecular weight excluding hydrogens is 256 g/mol.